The van der Waals surface area contributed by atoms with Gasteiger partial charge in [0, 0.05) is 22.6 Å². The first-order valence-corrected chi connectivity index (χ1v) is 9.13. The molecule has 0 bridgehead atoms. The average Bonchev–Trinajstić information content (AvgIpc) is 3.08. The maximum Gasteiger partial charge on any atom is 0.437 e. The Kier molecular flexibility index (Phi) is 4.87. The number of halogens is 4. The Balaban J connectivity index is 2.04. The minimum absolute atomic E-state index is 0.156. The van der Waals surface area contributed by atoms with E-state index in [2.05, 4.69) is 30.9 Å². The van der Waals surface area contributed by atoms with Gasteiger partial charge in [0.1, 0.15) is 23.5 Å². The number of fused-ring (bicyclic) bond motifs is 1. The fourth-order valence-electron chi connectivity index (χ4n) is 2.92. The number of aromatic nitrogens is 4. The standard InChI is InChI=1S/C19H13BrF3N5O/c1-29-14-5-3-13(4-6-14)28(15-8-9-24-11-25-15)18-17(19(21,22)23)26-16-7-2-12(20)10-27(16)18/h2-11H,1H3. The molecule has 0 fully saturated rings. The molecular formula is C19H13BrF3N5O. The smallest absolute Gasteiger partial charge is 0.437 e. The molecule has 0 saturated heterocycles. The highest BCUT2D eigenvalue weighted by molar-refractivity contribution is 9.10. The van der Waals surface area contributed by atoms with Gasteiger partial charge in [-0.15, -0.1) is 0 Å². The van der Waals surface area contributed by atoms with Gasteiger partial charge >= 0.3 is 6.18 Å². The van der Waals surface area contributed by atoms with Gasteiger partial charge in [-0.05, 0) is 58.4 Å². The van der Waals surface area contributed by atoms with Crippen LogP contribution in [0.3, 0.4) is 0 Å². The maximum atomic E-state index is 13.9. The normalized spacial score (nSPS) is 11.6. The van der Waals surface area contributed by atoms with E-state index in [-0.39, 0.29) is 17.3 Å². The third kappa shape index (κ3) is 3.63. The van der Waals surface area contributed by atoms with E-state index in [0.717, 1.165) is 0 Å². The summed E-state index contributed by atoms with van der Waals surface area (Å²) in [6.45, 7) is 0. The number of benzene rings is 1. The molecule has 0 amide bonds. The molecule has 1 aromatic carbocycles. The van der Waals surface area contributed by atoms with Crippen molar-refractivity contribution in [1.29, 1.82) is 0 Å². The Bertz CT molecular complexity index is 1150. The highest BCUT2D eigenvalue weighted by Gasteiger charge is 2.40. The molecule has 0 aliphatic carbocycles. The summed E-state index contributed by atoms with van der Waals surface area (Å²) >= 11 is 3.32. The number of rotatable bonds is 4. The summed E-state index contributed by atoms with van der Waals surface area (Å²) in [5.74, 6) is 0.656. The van der Waals surface area contributed by atoms with Crippen LogP contribution in [0.1, 0.15) is 5.69 Å². The van der Waals surface area contributed by atoms with Gasteiger partial charge < -0.3 is 4.74 Å². The molecule has 148 valence electrons. The molecule has 29 heavy (non-hydrogen) atoms. The predicted octanol–water partition coefficient (Wildman–Crippen LogP) is 5.38. The summed E-state index contributed by atoms with van der Waals surface area (Å²) < 4.78 is 48.9. The van der Waals surface area contributed by atoms with Crippen LogP contribution in [0.5, 0.6) is 5.75 Å². The van der Waals surface area contributed by atoms with Crippen LogP contribution in [0.15, 0.2) is 65.7 Å². The van der Waals surface area contributed by atoms with E-state index in [4.69, 9.17) is 4.74 Å². The van der Waals surface area contributed by atoms with Crippen LogP contribution >= 0.6 is 15.9 Å². The molecule has 0 spiro atoms. The summed E-state index contributed by atoms with van der Waals surface area (Å²) in [5, 5.41) is 0. The molecule has 6 nitrogen and oxygen atoms in total. The Labute approximate surface area is 171 Å². The molecule has 3 aromatic heterocycles. The third-order valence-corrected chi connectivity index (χ3v) is 4.63. The van der Waals surface area contributed by atoms with Crippen molar-refractivity contribution in [3.63, 3.8) is 0 Å². The number of imidazole rings is 1. The van der Waals surface area contributed by atoms with Crippen molar-refractivity contribution >= 4 is 38.9 Å². The van der Waals surface area contributed by atoms with Crippen LogP contribution < -0.4 is 9.64 Å². The molecule has 0 atom stereocenters. The molecule has 0 unspecified atom stereocenters. The summed E-state index contributed by atoms with van der Waals surface area (Å²) in [7, 11) is 1.51. The Morgan fingerprint density at radius 2 is 1.83 bits per heavy atom. The van der Waals surface area contributed by atoms with Gasteiger partial charge in [0.15, 0.2) is 11.5 Å². The first-order chi connectivity index (χ1) is 13.9. The van der Waals surface area contributed by atoms with Gasteiger partial charge in [-0.1, -0.05) is 0 Å². The van der Waals surface area contributed by atoms with Crippen LogP contribution in [0.2, 0.25) is 0 Å². The average molecular weight is 464 g/mol. The number of alkyl halides is 3. The zero-order valence-electron chi connectivity index (χ0n) is 14.9. The zero-order valence-corrected chi connectivity index (χ0v) is 16.5. The van der Waals surface area contributed by atoms with Crippen molar-refractivity contribution in [2.75, 3.05) is 12.0 Å². The lowest BCUT2D eigenvalue weighted by Gasteiger charge is -2.25. The fraction of sp³-hybridized carbons (Fsp3) is 0.105. The molecule has 10 heteroatoms. The minimum atomic E-state index is -4.68. The van der Waals surface area contributed by atoms with Crippen LogP contribution in [0, 0.1) is 0 Å². The van der Waals surface area contributed by atoms with E-state index < -0.39 is 11.9 Å². The Morgan fingerprint density at radius 1 is 1.07 bits per heavy atom. The zero-order chi connectivity index (χ0) is 20.6. The topological polar surface area (TPSA) is 55.5 Å². The molecule has 0 saturated carbocycles. The number of hydrogen-bond donors (Lipinski definition) is 0. The molecular weight excluding hydrogens is 451 g/mol. The van der Waals surface area contributed by atoms with Crippen LogP contribution in [0.25, 0.3) is 5.65 Å². The number of pyridine rings is 1. The van der Waals surface area contributed by atoms with Crippen molar-refractivity contribution in [3.05, 3.63) is 71.4 Å². The molecule has 0 aliphatic heterocycles. The SMILES string of the molecule is COc1ccc(N(c2ccncn2)c2c(C(F)(F)F)nc3ccc(Br)cn23)cc1. The molecule has 0 radical (unpaired) electrons. The van der Waals surface area contributed by atoms with E-state index in [9.17, 15) is 13.2 Å². The molecule has 0 N–H and O–H groups in total. The summed E-state index contributed by atoms with van der Waals surface area (Å²) in [6, 6.07) is 11.3. The van der Waals surface area contributed by atoms with Gasteiger partial charge in [0.05, 0.1) is 7.11 Å². The second-order valence-electron chi connectivity index (χ2n) is 5.96. The van der Waals surface area contributed by atoms with E-state index in [0.29, 0.717) is 15.9 Å². The highest BCUT2D eigenvalue weighted by atomic mass is 79.9. The van der Waals surface area contributed by atoms with Crippen molar-refractivity contribution in [2.45, 2.75) is 6.18 Å². The second-order valence-corrected chi connectivity index (χ2v) is 6.87. The van der Waals surface area contributed by atoms with Crippen LogP contribution in [-0.2, 0) is 6.18 Å². The number of ether oxygens (including phenoxy) is 1. The van der Waals surface area contributed by atoms with Crippen molar-refractivity contribution in [1.82, 2.24) is 19.4 Å². The lowest BCUT2D eigenvalue weighted by atomic mass is 10.2. The molecule has 4 aromatic rings. The van der Waals surface area contributed by atoms with Gasteiger partial charge in [-0.25, -0.2) is 15.0 Å². The highest BCUT2D eigenvalue weighted by Crippen LogP contribution is 2.43. The number of methoxy groups -OCH3 is 1. The number of anilines is 3. The summed E-state index contributed by atoms with van der Waals surface area (Å²) in [4.78, 5) is 13.3. The Hall–Kier alpha value is -3.14. The lowest BCUT2D eigenvalue weighted by Crippen LogP contribution is -2.18. The summed E-state index contributed by atoms with van der Waals surface area (Å²) in [5.41, 5.74) is -0.412. The second kappa shape index (κ2) is 7.36. The Morgan fingerprint density at radius 3 is 2.45 bits per heavy atom. The van der Waals surface area contributed by atoms with Crippen LogP contribution in [-0.4, -0.2) is 26.5 Å². The number of hydrogen-bond acceptors (Lipinski definition) is 5. The van der Waals surface area contributed by atoms with E-state index in [1.165, 1.54) is 47.3 Å². The quantitative estimate of drug-likeness (QED) is 0.406. The van der Waals surface area contributed by atoms with Crippen molar-refractivity contribution in [2.24, 2.45) is 0 Å². The monoisotopic (exact) mass is 463 g/mol. The van der Waals surface area contributed by atoms with Gasteiger partial charge in [0.2, 0.25) is 0 Å². The first-order valence-electron chi connectivity index (χ1n) is 8.33. The van der Waals surface area contributed by atoms with E-state index >= 15 is 0 Å². The maximum absolute atomic E-state index is 13.9. The van der Waals surface area contributed by atoms with Crippen LogP contribution in [0.4, 0.5) is 30.5 Å². The predicted molar refractivity (Wildman–Crippen MR) is 105 cm³/mol. The van der Waals surface area contributed by atoms with Gasteiger partial charge in [-0.2, -0.15) is 13.2 Å². The van der Waals surface area contributed by atoms with Gasteiger partial charge in [-0.3, -0.25) is 9.30 Å². The van der Waals surface area contributed by atoms with E-state index in [1.807, 2.05) is 0 Å². The van der Waals surface area contributed by atoms with E-state index in [1.54, 1.807) is 30.3 Å². The summed E-state index contributed by atoms with van der Waals surface area (Å²) in [6.07, 6.45) is -0.403. The fourth-order valence-corrected chi connectivity index (χ4v) is 3.26. The van der Waals surface area contributed by atoms with Gasteiger partial charge in [0.25, 0.3) is 0 Å². The van der Waals surface area contributed by atoms with Crippen molar-refractivity contribution in [3.8, 4) is 5.75 Å². The molecule has 0 aliphatic rings. The molecule has 4 rings (SSSR count). The van der Waals surface area contributed by atoms with Crippen molar-refractivity contribution < 1.29 is 17.9 Å². The first kappa shape index (κ1) is 19.2. The lowest BCUT2D eigenvalue weighted by molar-refractivity contribution is -0.140. The third-order valence-electron chi connectivity index (χ3n) is 4.16. The number of nitrogens with zero attached hydrogens (tertiary/aromatic N) is 5. The molecule has 3 heterocycles. The largest absolute Gasteiger partial charge is 0.497 e. The minimum Gasteiger partial charge on any atom is -0.497 e.